The quantitative estimate of drug-likeness (QED) is 0.701. The monoisotopic (exact) mass is 387 g/mol. The molecule has 0 aliphatic heterocycles. The molecule has 0 amide bonds. The topological polar surface area (TPSA) is 12.0 Å². The number of aryl methyl sites for hydroxylation is 1. The molecule has 0 heterocycles. The predicted octanol–water partition coefficient (Wildman–Crippen LogP) is 5.79. The Morgan fingerprint density at radius 3 is 2.56 bits per heavy atom. The fourth-order valence-corrected chi connectivity index (χ4v) is 2.63. The first-order valence-corrected chi connectivity index (χ1v) is 7.46. The molecule has 0 bridgehead atoms. The summed E-state index contributed by atoms with van der Waals surface area (Å²) in [7, 11) is 0. The van der Waals surface area contributed by atoms with Crippen LogP contribution >= 0.6 is 43.5 Å². The van der Waals surface area contributed by atoms with Gasteiger partial charge in [-0.2, -0.15) is 0 Å². The van der Waals surface area contributed by atoms with E-state index < -0.39 is 0 Å². The molecule has 0 saturated heterocycles. The first-order chi connectivity index (χ1) is 8.56. The van der Waals surface area contributed by atoms with Crippen molar-refractivity contribution in [3.05, 3.63) is 61.5 Å². The Kier molecular flexibility index (Phi) is 4.71. The van der Waals surface area contributed by atoms with Gasteiger partial charge >= 0.3 is 0 Å². The van der Waals surface area contributed by atoms with Gasteiger partial charge in [-0.15, -0.1) is 0 Å². The summed E-state index contributed by atoms with van der Waals surface area (Å²) in [5.41, 5.74) is 3.41. The molecule has 1 nitrogen and oxygen atoms in total. The third-order valence-corrected chi connectivity index (χ3v) is 4.33. The minimum absolute atomic E-state index is 0.721. The average molecular weight is 390 g/mol. The Bertz CT molecular complexity index is 570. The molecule has 4 heteroatoms. The molecule has 0 spiro atoms. The van der Waals surface area contributed by atoms with E-state index >= 15 is 0 Å². The van der Waals surface area contributed by atoms with Gasteiger partial charge in [-0.3, -0.25) is 0 Å². The van der Waals surface area contributed by atoms with E-state index in [4.69, 9.17) is 11.6 Å². The van der Waals surface area contributed by atoms with Crippen molar-refractivity contribution in [3.8, 4) is 0 Å². The Balaban J connectivity index is 2.09. The van der Waals surface area contributed by atoms with Crippen LogP contribution in [0.15, 0.2) is 45.3 Å². The Morgan fingerprint density at radius 1 is 1.11 bits per heavy atom. The van der Waals surface area contributed by atoms with Crippen molar-refractivity contribution < 1.29 is 0 Å². The summed E-state index contributed by atoms with van der Waals surface area (Å²) in [5, 5.41) is 4.06. The van der Waals surface area contributed by atoms with E-state index in [1.54, 1.807) is 0 Å². The molecule has 2 aromatic rings. The van der Waals surface area contributed by atoms with Gasteiger partial charge in [-0.1, -0.05) is 55.6 Å². The van der Waals surface area contributed by atoms with Crippen LogP contribution in [0.1, 0.15) is 11.1 Å². The van der Waals surface area contributed by atoms with E-state index in [-0.39, 0.29) is 0 Å². The van der Waals surface area contributed by atoms with E-state index in [0.717, 1.165) is 26.2 Å². The number of rotatable bonds is 3. The molecule has 1 N–H and O–H groups in total. The number of anilines is 1. The zero-order valence-corrected chi connectivity index (χ0v) is 13.7. The highest BCUT2D eigenvalue weighted by Crippen LogP contribution is 2.26. The van der Waals surface area contributed by atoms with Gasteiger partial charge in [0, 0.05) is 15.5 Å². The standard InChI is InChI=1S/C14H12Br2ClN/c1-9-6-10(2-4-12(9)16)8-18-14-5-3-11(15)7-13(14)17/h2-7,18H,8H2,1H3. The van der Waals surface area contributed by atoms with Crippen molar-refractivity contribution in [1.29, 1.82) is 0 Å². The van der Waals surface area contributed by atoms with Crippen molar-refractivity contribution in [2.45, 2.75) is 13.5 Å². The first-order valence-electron chi connectivity index (χ1n) is 5.50. The molecular weight excluding hydrogens is 377 g/mol. The lowest BCUT2D eigenvalue weighted by molar-refractivity contribution is 1.14. The Labute approximate surface area is 129 Å². The SMILES string of the molecule is Cc1cc(CNc2ccc(Br)cc2Cl)ccc1Br. The van der Waals surface area contributed by atoms with Gasteiger partial charge < -0.3 is 5.32 Å². The van der Waals surface area contributed by atoms with Crippen LogP contribution in [0.3, 0.4) is 0 Å². The van der Waals surface area contributed by atoms with E-state index in [1.807, 2.05) is 18.2 Å². The van der Waals surface area contributed by atoms with Crippen LogP contribution in [0, 0.1) is 6.92 Å². The van der Waals surface area contributed by atoms with Crippen molar-refractivity contribution in [3.63, 3.8) is 0 Å². The molecule has 0 aliphatic carbocycles. The summed E-state index contributed by atoms with van der Waals surface area (Å²) in [6, 6.07) is 12.1. The van der Waals surface area contributed by atoms with Gasteiger partial charge in [0.25, 0.3) is 0 Å². The molecule has 0 aliphatic rings. The van der Waals surface area contributed by atoms with Crippen LogP contribution in [0.4, 0.5) is 5.69 Å². The van der Waals surface area contributed by atoms with Crippen molar-refractivity contribution in [1.82, 2.24) is 0 Å². The lowest BCUT2D eigenvalue weighted by atomic mass is 10.1. The summed E-state index contributed by atoms with van der Waals surface area (Å²) in [6.45, 7) is 2.84. The molecule has 0 aromatic heterocycles. The molecule has 2 aromatic carbocycles. The average Bonchev–Trinajstić information content (AvgIpc) is 2.32. The molecule has 0 radical (unpaired) electrons. The minimum atomic E-state index is 0.721. The third kappa shape index (κ3) is 3.50. The van der Waals surface area contributed by atoms with Gasteiger partial charge in [0.15, 0.2) is 0 Å². The van der Waals surface area contributed by atoms with Crippen LogP contribution in [0.25, 0.3) is 0 Å². The predicted molar refractivity (Wildman–Crippen MR) is 85.4 cm³/mol. The Hall–Kier alpha value is -0.510. The van der Waals surface area contributed by atoms with E-state index in [0.29, 0.717) is 0 Å². The summed E-state index contributed by atoms with van der Waals surface area (Å²) < 4.78 is 2.12. The Morgan fingerprint density at radius 2 is 1.89 bits per heavy atom. The fraction of sp³-hybridized carbons (Fsp3) is 0.143. The second-order valence-corrected chi connectivity index (χ2v) is 6.24. The smallest absolute Gasteiger partial charge is 0.0648 e. The summed E-state index contributed by atoms with van der Waals surface area (Å²) in [5.74, 6) is 0. The van der Waals surface area contributed by atoms with E-state index in [2.05, 4.69) is 62.3 Å². The second-order valence-electron chi connectivity index (χ2n) is 4.06. The van der Waals surface area contributed by atoms with Gasteiger partial charge in [0.2, 0.25) is 0 Å². The maximum Gasteiger partial charge on any atom is 0.0648 e. The van der Waals surface area contributed by atoms with Crippen molar-refractivity contribution in [2.24, 2.45) is 0 Å². The van der Waals surface area contributed by atoms with Crippen LogP contribution in [0.2, 0.25) is 5.02 Å². The van der Waals surface area contributed by atoms with Gasteiger partial charge in [0.05, 0.1) is 10.7 Å². The van der Waals surface area contributed by atoms with Crippen LogP contribution in [0.5, 0.6) is 0 Å². The maximum atomic E-state index is 6.15. The lowest BCUT2D eigenvalue weighted by Crippen LogP contribution is -2.00. The zero-order chi connectivity index (χ0) is 13.1. The van der Waals surface area contributed by atoms with Gasteiger partial charge in [-0.05, 0) is 42.3 Å². The highest BCUT2D eigenvalue weighted by Gasteiger charge is 2.02. The van der Waals surface area contributed by atoms with E-state index in [9.17, 15) is 0 Å². The van der Waals surface area contributed by atoms with Crippen LogP contribution in [-0.2, 0) is 6.54 Å². The number of hydrogen-bond acceptors (Lipinski definition) is 1. The summed E-state index contributed by atoms with van der Waals surface area (Å²) in [6.07, 6.45) is 0. The first kappa shape index (κ1) is 13.9. The largest absolute Gasteiger partial charge is 0.380 e. The van der Waals surface area contributed by atoms with Crippen molar-refractivity contribution >= 4 is 49.1 Å². The molecular formula is C14H12Br2ClN. The number of benzene rings is 2. The molecule has 0 atom stereocenters. The molecule has 0 fully saturated rings. The van der Waals surface area contributed by atoms with Gasteiger partial charge in [-0.25, -0.2) is 0 Å². The van der Waals surface area contributed by atoms with Gasteiger partial charge in [0.1, 0.15) is 0 Å². The lowest BCUT2D eigenvalue weighted by Gasteiger charge is -2.10. The van der Waals surface area contributed by atoms with Crippen LogP contribution in [-0.4, -0.2) is 0 Å². The fourth-order valence-electron chi connectivity index (χ4n) is 1.65. The summed E-state index contributed by atoms with van der Waals surface area (Å²) in [4.78, 5) is 0. The normalized spacial score (nSPS) is 10.4. The summed E-state index contributed by atoms with van der Waals surface area (Å²) >= 11 is 13.0. The minimum Gasteiger partial charge on any atom is -0.380 e. The molecule has 18 heavy (non-hydrogen) atoms. The van der Waals surface area contributed by atoms with E-state index in [1.165, 1.54) is 11.1 Å². The highest BCUT2D eigenvalue weighted by atomic mass is 79.9. The second kappa shape index (κ2) is 6.09. The van der Waals surface area contributed by atoms with Crippen molar-refractivity contribution in [2.75, 3.05) is 5.32 Å². The molecule has 94 valence electrons. The number of halogens is 3. The van der Waals surface area contributed by atoms with Crippen LogP contribution < -0.4 is 5.32 Å². The third-order valence-electron chi connectivity index (χ3n) is 2.64. The number of nitrogens with one attached hydrogen (secondary N) is 1. The maximum absolute atomic E-state index is 6.15. The molecule has 0 unspecified atom stereocenters. The molecule has 2 rings (SSSR count). The zero-order valence-electron chi connectivity index (χ0n) is 9.81. The number of hydrogen-bond donors (Lipinski definition) is 1. The highest BCUT2D eigenvalue weighted by molar-refractivity contribution is 9.10. The molecule has 0 saturated carbocycles.